The van der Waals surface area contributed by atoms with E-state index in [0.29, 0.717) is 21.3 Å². The number of likely N-dealkylation sites (N-methyl/N-ethyl adjacent to an activating group) is 1. The van der Waals surface area contributed by atoms with Gasteiger partial charge >= 0.3 is 0 Å². The van der Waals surface area contributed by atoms with E-state index in [2.05, 4.69) is 0 Å². The Balaban J connectivity index is 2.30. The number of carbonyl (C=O) groups is 1. The molecule has 1 amide bonds. The number of thiocarbonyl (C=S) groups is 1. The standard InChI is InChI=1S/C13H12FNO2S2/c1-3-15-12(16)11(19-13(15)18)7-8-4-5-10(17-2)9(14)6-8/h4-7H,3H2,1-2H3/b11-7+. The Morgan fingerprint density at radius 2 is 2.26 bits per heavy atom. The van der Waals surface area contributed by atoms with Crippen molar-refractivity contribution in [2.24, 2.45) is 0 Å². The summed E-state index contributed by atoms with van der Waals surface area (Å²) in [6, 6.07) is 4.56. The number of thioether (sulfide) groups is 1. The molecule has 1 aromatic carbocycles. The Hall–Kier alpha value is -1.40. The Morgan fingerprint density at radius 1 is 1.53 bits per heavy atom. The van der Waals surface area contributed by atoms with Crippen molar-refractivity contribution in [3.05, 3.63) is 34.5 Å². The summed E-state index contributed by atoms with van der Waals surface area (Å²) in [6.07, 6.45) is 1.64. The summed E-state index contributed by atoms with van der Waals surface area (Å²) in [5.41, 5.74) is 0.606. The summed E-state index contributed by atoms with van der Waals surface area (Å²) in [7, 11) is 1.41. The average Bonchev–Trinajstić information content (AvgIpc) is 2.64. The largest absolute Gasteiger partial charge is 0.494 e. The molecule has 3 nitrogen and oxygen atoms in total. The van der Waals surface area contributed by atoms with Crippen molar-refractivity contribution in [2.45, 2.75) is 6.92 Å². The van der Waals surface area contributed by atoms with Gasteiger partial charge in [-0.05, 0) is 30.7 Å². The number of benzene rings is 1. The molecule has 6 heteroatoms. The highest BCUT2D eigenvalue weighted by atomic mass is 32.2. The van der Waals surface area contributed by atoms with Crippen molar-refractivity contribution in [3.63, 3.8) is 0 Å². The van der Waals surface area contributed by atoms with Gasteiger partial charge < -0.3 is 4.74 Å². The molecule has 0 aromatic heterocycles. The molecular formula is C13H12FNO2S2. The molecule has 0 bridgehead atoms. The van der Waals surface area contributed by atoms with E-state index in [-0.39, 0.29) is 11.7 Å². The number of hydrogen-bond donors (Lipinski definition) is 0. The highest BCUT2D eigenvalue weighted by Gasteiger charge is 2.30. The zero-order valence-electron chi connectivity index (χ0n) is 10.5. The van der Waals surface area contributed by atoms with Crippen molar-refractivity contribution in [1.82, 2.24) is 4.90 Å². The van der Waals surface area contributed by atoms with Crippen molar-refractivity contribution in [1.29, 1.82) is 0 Å². The van der Waals surface area contributed by atoms with Crippen LogP contribution in [0.15, 0.2) is 23.1 Å². The number of nitrogens with zero attached hydrogens (tertiary/aromatic N) is 1. The van der Waals surface area contributed by atoms with E-state index in [9.17, 15) is 9.18 Å². The van der Waals surface area contributed by atoms with Gasteiger partial charge in [0.25, 0.3) is 5.91 Å². The van der Waals surface area contributed by atoms with Crippen LogP contribution in [0.25, 0.3) is 6.08 Å². The SMILES string of the molecule is CCN1C(=O)/C(=C\c2ccc(OC)c(F)c2)SC1=S. The van der Waals surface area contributed by atoms with E-state index >= 15 is 0 Å². The molecule has 1 fully saturated rings. The Kier molecular flexibility index (Phi) is 4.21. The third-order valence-electron chi connectivity index (χ3n) is 2.66. The summed E-state index contributed by atoms with van der Waals surface area (Å²) >= 11 is 6.34. The fourth-order valence-corrected chi connectivity index (χ4v) is 3.08. The summed E-state index contributed by atoms with van der Waals surface area (Å²) in [4.78, 5) is 14.0. The smallest absolute Gasteiger partial charge is 0.266 e. The first-order valence-corrected chi connectivity index (χ1v) is 6.88. The molecule has 1 heterocycles. The molecule has 19 heavy (non-hydrogen) atoms. The lowest BCUT2D eigenvalue weighted by Gasteiger charge is -2.09. The van der Waals surface area contributed by atoms with Crippen LogP contribution in [0, 0.1) is 5.82 Å². The van der Waals surface area contributed by atoms with Gasteiger partial charge in [-0.25, -0.2) is 4.39 Å². The average molecular weight is 297 g/mol. The summed E-state index contributed by atoms with van der Waals surface area (Å²) in [6.45, 7) is 2.40. The maximum atomic E-state index is 13.6. The van der Waals surface area contributed by atoms with Gasteiger partial charge in [-0.1, -0.05) is 30.0 Å². The third kappa shape index (κ3) is 2.79. The quantitative estimate of drug-likeness (QED) is 0.633. The van der Waals surface area contributed by atoms with Crippen LogP contribution < -0.4 is 4.74 Å². The Bertz CT molecular complexity index is 572. The lowest BCUT2D eigenvalue weighted by molar-refractivity contribution is -0.121. The fourth-order valence-electron chi connectivity index (χ4n) is 1.70. The zero-order chi connectivity index (χ0) is 14.0. The van der Waals surface area contributed by atoms with E-state index in [1.165, 1.54) is 35.9 Å². The van der Waals surface area contributed by atoms with E-state index in [1.807, 2.05) is 6.92 Å². The van der Waals surface area contributed by atoms with Gasteiger partial charge in [0, 0.05) is 6.54 Å². The van der Waals surface area contributed by atoms with E-state index in [4.69, 9.17) is 17.0 Å². The van der Waals surface area contributed by atoms with Gasteiger partial charge in [0.2, 0.25) is 0 Å². The van der Waals surface area contributed by atoms with Crippen molar-refractivity contribution in [2.75, 3.05) is 13.7 Å². The summed E-state index contributed by atoms with van der Waals surface area (Å²) in [5, 5.41) is 0. The van der Waals surface area contributed by atoms with Gasteiger partial charge in [-0.2, -0.15) is 0 Å². The van der Waals surface area contributed by atoms with Crippen molar-refractivity contribution >= 4 is 40.3 Å². The molecule has 1 aromatic rings. The number of methoxy groups -OCH3 is 1. The second kappa shape index (κ2) is 5.71. The van der Waals surface area contributed by atoms with E-state index in [1.54, 1.807) is 12.1 Å². The van der Waals surface area contributed by atoms with Gasteiger partial charge in [-0.3, -0.25) is 9.69 Å². The molecule has 1 aliphatic rings. The lowest BCUT2D eigenvalue weighted by atomic mass is 10.2. The number of amides is 1. The topological polar surface area (TPSA) is 29.5 Å². The van der Waals surface area contributed by atoms with Gasteiger partial charge in [0.05, 0.1) is 12.0 Å². The van der Waals surface area contributed by atoms with Gasteiger partial charge in [0.15, 0.2) is 11.6 Å². The van der Waals surface area contributed by atoms with E-state index in [0.717, 1.165) is 0 Å². The Morgan fingerprint density at radius 3 is 2.79 bits per heavy atom. The molecular weight excluding hydrogens is 285 g/mol. The maximum absolute atomic E-state index is 13.6. The number of ether oxygens (including phenoxy) is 1. The van der Waals surface area contributed by atoms with Crippen molar-refractivity contribution < 1.29 is 13.9 Å². The summed E-state index contributed by atoms with van der Waals surface area (Å²) in [5.74, 6) is -0.408. The second-order valence-electron chi connectivity index (χ2n) is 3.82. The molecule has 0 N–H and O–H groups in total. The van der Waals surface area contributed by atoms with Crippen LogP contribution in [0.3, 0.4) is 0 Å². The van der Waals surface area contributed by atoms with Crippen LogP contribution in [-0.4, -0.2) is 28.8 Å². The predicted octanol–water partition coefficient (Wildman–Crippen LogP) is 3.06. The third-order valence-corrected chi connectivity index (χ3v) is 4.04. The molecule has 0 unspecified atom stereocenters. The van der Waals surface area contributed by atoms with Crippen LogP contribution in [0.4, 0.5) is 4.39 Å². The lowest BCUT2D eigenvalue weighted by Crippen LogP contribution is -2.27. The fraction of sp³-hybridized carbons (Fsp3) is 0.231. The highest BCUT2D eigenvalue weighted by Crippen LogP contribution is 2.32. The molecule has 1 aliphatic heterocycles. The van der Waals surface area contributed by atoms with Crippen LogP contribution in [0.1, 0.15) is 12.5 Å². The molecule has 0 aliphatic carbocycles. The van der Waals surface area contributed by atoms with Crippen LogP contribution in [0.2, 0.25) is 0 Å². The predicted molar refractivity (Wildman–Crippen MR) is 78.5 cm³/mol. The van der Waals surface area contributed by atoms with Crippen LogP contribution >= 0.6 is 24.0 Å². The maximum Gasteiger partial charge on any atom is 0.266 e. The van der Waals surface area contributed by atoms with E-state index < -0.39 is 5.82 Å². The molecule has 1 saturated heterocycles. The molecule has 0 spiro atoms. The number of halogens is 1. The normalized spacial score (nSPS) is 17.4. The monoisotopic (exact) mass is 297 g/mol. The first-order chi connectivity index (χ1) is 9.06. The minimum absolute atomic E-state index is 0.131. The minimum atomic E-state index is -0.456. The molecule has 0 radical (unpaired) electrons. The molecule has 0 atom stereocenters. The molecule has 100 valence electrons. The number of carbonyl (C=O) groups excluding carboxylic acids is 1. The van der Waals surface area contributed by atoms with Crippen molar-refractivity contribution in [3.8, 4) is 5.75 Å². The first-order valence-electron chi connectivity index (χ1n) is 5.65. The highest BCUT2D eigenvalue weighted by molar-refractivity contribution is 8.26. The van der Waals surface area contributed by atoms with Gasteiger partial charge in [0.1, 0.15) is 4.32 Å². The van der Waals surface area contributed by atoms with Crippen LogP contribution in [-0.2, 0) is 4.79 Å². The summed E-state index contributed by atoms with van der Waals surface area (Å²) < 4.78 is 18.9. The second-order valence-corrected chi connectivity index (χ2v) is 5.50. The minimum Gasteiger partial charge on any atom is -0.494 e. The zero-order valence-corrected chi connectivity index (χ0v) is 12.1. The first kappa shape index (κ1) is 14.0. The molecule has 2 rings (SSSR count). The number of rotatable bonds is 3. The number of hydrogen-bond acceptors (Lipinski definition) is 4. The Labute approximate surface area is 120 Å². The van der Waals surface area contributed by atoms with Gasteiger partial charge in [-0.15, -0.1) is 0 Å². The molecule has 0 saturated carbocycles. The van der Waals surface area contributed by atoms with Crippen LogP contribution in [0.5, 0.6) is 5.75 Å².